The smallest absolute Gasteiger partial charge is 0.270 e. The van der Waals surface area contributed by atoms with Crippen LogP contribution in [0, 0.1) is 34.6 Å². The van der Waals surface area contributed by atoms with Crippen LogP contribution in [-0.4, -0.2) is 21.5 Å². The molecule has 0 radical (unpaired) electrons. The van der Waals surface area contributed by atoms with E-state index in [9.17, 15) is 9.59 Å². The quantitative estimate of drug-likeness (QED) is 0.358. The lowest BCUT2D eigenvalue weighted by atomic mass is 10.1. The highest BCUT2D eigenvalue weighted by atomic mass is 32.1. The Bertz CT molecular complexity index is 1320. The lowest BCUT2D eigenvalue weighted by molar-refractivity contribution is -0.122. The van der Waals surface area contributed by atoms with Crippen LogP contribution in [0.2, 0.25) is 0 Å². The van der Waals surface area contributed by atoms with Crippen LogP contribution in [0.1, 0.15) is 33.6 Å². The molecule has 0 atom stereocenters. The molecule has 0 spiro atoms. The Kier molecular flexibility index (Phi) is 5.57. The number of amides is 2. The second-order valence-electron chi connectivity index (χ2n) is 8.23. The van der Waals surface area contributed by atoms with E-state index in [-0.39, 0.29) is 10.7 Å². The molecule has 2 amide bonds. The maximum Gasteiger partial charge on any atom is 0.270 e. The average Bonchev–Trinajstić information content (AvgIpc) is 3.00. The van der Waals surface area contributed by atoms with Crippen LogP contribution in [0.3, 0.4) is 0 Å². The van der Waals surface area contributed by atoms with Gasteiger partial charge in [0.25, 0.3) is 11.8 Å². The van der Waals surface area contributed by atoms with Crippen molar-refractivity contribution in [2.45, 2.75) is 34.6 Å². The van der Waals surface area contributed by atoms with Gasteiger partial charge in [0.15, 0.2) is 5.11 Å². The lowest BCUT2D eigenvalue weighted by Crippen LogP contribution is -2.54. The summed E-state index contributed by atoms with van der Waals surface area (Å²) in [6.45, 7) is 10.1. The molecule has 1 fully saturated rings. The zero-order chi connectivity index (χ0) is 23.2. The van der Waals surface area contributed by atoms with Crippen LogP contribution in [0.25, 0.3) is 11.8 Å². The molecule has 1 saturated heterocycles. The number of carbonyl (C=O) groups excluding carboxylic acids is 2. The van der Waals surface area contributed by atoms with Gasteiger partial charge in [0.1, 0.15) is 5.57 Å². The van der Waals surface area contributed by atoms with Crippen molar-refractivity contribution in [1.29, 1.82) is 0 Å². The van der Waals surface area contributed by atoms with Crippen LogP contribution in [0.15, 0.2) is 54.1 Å². The Labute approximate surface area is 193 Å². The SMILES string of the molecule is Cc1cccc(N2C(=O)/C(=C/c3cc(C)n(-c4ccc(C)c(C)c4)c3C)C(=O)NC2=S)c1. The van der Waals surface area contributed by atoms with E-state index in [4.69, 9.17) is 12.2 Å². The average molecular weight is 444 g/mol. The number of carbonyl (C=O) groups is 2. The highest BCUT2D eigenvalue weighted by Crippen LogP contribution is 2.27. The van der Waals surface area contributed by atoms with E-state index in [1.54, 1.807) is 12.1 Å². The summed E-state index contributed by atoms with van der Waals surface area (Å²) in [4.78, 5) is 27.4. The number of aryl methyl sites for hydroxylation is 4. The van der Waals surface area contributed by atoms with Gasteiger partial charge in [-0.15, -0.1) is 0 Å². The van der Waals surface area contributed by atoms with Crippen molar-refractivity contribution in [3.8, 4) is 5.69 Å². The predicted octanol–water partition coefficient (Wildman–Crippen LogP) is 4.85. The molecule has 1 N–H and O–H groups in total. The van der Waals surface area contributed by atoms with Gasteiger partial charge < -0.3 is 4.57 Å². The van der Waals surface area contributed by atoms with E-state index in [1.165, 1.54) is 16.0 Å². The Morgan fingerprint density at radius 3 is 2.31 bits per heavy atom. The van der Waals surface area contributed by atoms with E-state index in [2.05, 4.69) is 41.9 Å². The van der Waals surface area contributed by atoms with Crippen molar-refractivity contribution in [3.05, 3.63) is 87.7 Å². The lowest BCUT2D eigenvalue weighted by Gasteiger charge is -2.29. The Balaban J connectivity index is 1.77. The number of nitrogens with zero attached hydrogens (tertiary/aromatic N) is 2. The molecule has 0 unspecified atom stereocenters. The molecule has 3 aromatic rings. The molecular weight excluding hydrogens is 418 g/mol. The normalized spacial score (nSPS) is 15.5. The molecule has 0 saturated carbocycles. The summed E-state index contributed by atoms with van der Waals surface area (Å²) in [5.41, 5.74) is 7.96. The van der Waals surface area contributed by atoms with Crippen molar-refractivity contribution in [1.82, 2.24) is 9.88 Å². The van der Waals surface area contributed by atoms with E-state index in [0.717, 1.165) is 28.2 Å². The van der Waals surface area contributed by atoms with Gasteiger partial charge in [0.2, 0.25) is 0 Å². The van der Waals surface area contributed by atoms with E-state index < -0.39 is 11.8 Å². The van der Waals surface area contributed by atoms with Crippen molar-refractivity contribution in [3.63, 3.8) is 0 Å². The standard InChI is InChI=1S/C26H25N3O2S/c1-15-7-6-8-21(11-15)29-25(31)23(24(30)27-26(29)32)14-20-13-18(4)28(19(20)5)22-10-9-16(2)17(3)12-22/h6-14H,1-5H3,(H,27,30,32)/b23-14+. The molecular formula is C26H25N3O2S. The van der Waals surface area contributed by atoms with Gasteiger partial charge >= 0.3 is 0 Å². The summed E-state index contributed by atoms with van der Waals surface area (Å²) in [6, 6.07) is 15.8. The molecule has 0 aliphatic carbocycles. The fourth-order valence-electron chi connectivity index (χ4n) is 4.01. The van der Waals surface area contributed by atoms with Gasteiger partial charge in [-0.3, -0.25) is 19.8 Å². The van der Waals surface area contributed by atoms with E-state index >= 15 is 0 Å². The largest absolute Gasteiger partial charge is 0.318 e. The zero-order valence-electron chi connectivity index (χ0n) is 18.8. The summed E-state index contributed by atoms with van der Waals surface area (Å²) >= 11 is 5.30. The Morgan fingerprint density at radius 2 is 1.62 bits per heavy atom. The van der Waals surface area contributed by atoms with Crippen molar-refractivity contribution in [2.24, 2.45) is 0 Å². The van der Waals surface area contributed by atoms with Crippen molar-refractivity contribution < 1.29 is 9.59 Å². The summed E-state index contributed by atoms with van der Waals surface area (Å²) in [7, 11) is 0. The number of benzene rings is 2. The molecule has 1 aromatic heterocycles. The third-order valence-electron chi connectivity index (χ3n) is 5.88. The summed E-state index contributed by atoms with van der Waals surface area (Å²) in [6.07, 6.45) is 1.65. The van der Waals surface area contributed by atoms with Gasteiger partial charge in [-0.2, -0.15) is 0 Å². The van der Waals surface area contributed by atoms with Gasteiger partial charge in [-0.05, 0) is 105 Å². The number of aromatic nitrogens is 1. The van der Waals surface area contributed by atoms with Gasteiger partial charge in [-0.25, -0.2) is 0 Å². The number of thiocarbonyl (C=S) groups is 1. The highest BCUT2D eigenvalue weighted by molar-refractivity contribution is 7.80. The van der Waals surface area contributed by atoms with E-state index in [1.807, 2.05) is 45.0 Å². The fraction of sp³-hybridized carbons (Fsp3) is 0.192. The summed E-state index contributed by atoms with van der Waals surface area (Å²) < 4.78 is 2.13. The molecule has 6 heteroatoms. The first-order valence-electron chi connectivity index (χ1n) is 10.4. The molecule has 5 nitrogen and oxygen atoms in total. The molecule has 32 heavy (non-hydrogen) atoms. The molecule has 1 aliphatic heterocycles. The summed E-state index contributed by atoms with van der Waals surface area (Å²) in [5, 5.41) is 2.74. The minimum absolute atomic E-state index is 0.0560. The highest BCUT2D eigenvalue weighted by Gasteiger charge is 2.34. The number of hydrogen-bond donors (Lipinski definition) is 1. The maximum absolute atomic E-state index is 13.3. The molecule has 4 rings (SSSR count). The second kappa shape index (κ2) is 8.20. The first-order chi connectivity index (χ1) is 15.2. The number of nitrogens with one attached hydrogen (secondary N) is 1. The Hall–Kier alpha value is -3.51. The molecule has 1 aliphatic rings. The number of hydrogen-bond acceptors (Lipinski definition) is 3. The van der Waals surface area contributed by atoms with Crippen LogP contribution in [0.5, 0.6) is 0 Å². The number of anilines is 1. The van der Waals surface area contributed by atoms with Crippen LogP contribution in [-0.2, 0) is 9.59 Å². The third kappa shape index (κ3) is 3.78. The minimum atomic E-state index is -0.486. The minimum Gasteiger partial charge on any atom is -0.318 e. The van der Waals surface area contributed by atoms with Gasteiger partial charge in [0.05, 0.1) is 5.69 Å². The monoisotopic (exact) mass is 443 g/mol. The summed E-state index contributed by atoms with van der Waals surface area (Å²) in [5.74, 6) is -0.916. The second-order valence-corrected chi connectivity index (χ2v) is 8.61. The Morgan fingerprint density at radius 1 is 0.875 bits per heavy atom. The first-order valence-corrected chi connectivity index (χ1v) is 10.8. The first kappa shape index (κ1) is 21.7. The van der Waals surface area contributed by atoms with Gasteiger partial charge in [-0.1, -0.05) is 18.2 Å². The fourth-order valence-corrected chi connectivity index (χ4v) is 4.29. The van der Waals surface area contributed by atoms with Crippen molar-refractivity contribution in [2.75, 3.05) is 4.90 Å². The predicted molar refractivity (Wildman–Crippen MR) is 132 cm³/mol. The molecule has 2 heterocycles. The topological polar surface area (TPSA) is 54.3 Å². The zero-order valence-corrected chi connectivity index (χ0v) is 19.6. The van der Waals surface area contributed by atoms with Crippen LogP contribution < -0.4 is 10.2 Å². The molecule has 2 aromatic carbocycles. The molecule has 0 bridgehead atoms. The third-order valence-corrected chi connectivity index (χ3v) is 6.16. The van der Waals surface area contributed by atoms with Crippen LogP contribution >= 0.6 is 12.2 Å². The molecule has 162 valence electrons. The number of rotatable bonds is 3. The van der Waals surface area contributed by atoms with Gasteiger partial charge in [0, 0.05) is 17.1 Å². The van der Waals surface area contributed by atoms with Crippen molar-refractivity contribution >= 4 is 40.9 Å². The van der Waals surface area contributed by atoms with E-state index in [0.29, 0.717) is 5.69 Å². The van der Waals surface area contributed by atoms with Crippen LogP contribution in [0.4, 0.5) is 5.69 Å². The maximum atomic E-state index is 13.3.